The predicted molar refractivity (Wildman–Crippen MR) is 141 cm³/mol. The summed E-state index contributed by atoms with van der Waals surface area (Å²) in [5.74, 6) is 0.775. The van der Waals surface area contributed by atoms with E-state index < -0.39 is 0 Å². The summed E-state index contributed by atoms with van der Waals surface area (Å²) in [6.07, 6.45) is 8.57. The van der Waals surface area contributed by atoms with Gasteiger partial charge in [-0.25, -0.2) is 14.4 Å². The first-order valence-corrected chi connectivity index (χ1v) is 12.6. The molecule has 1 saturated heterocycles. The van der Waals surface area contributed by atoms with E-state index in [1.165, 1.54) is 18.9 Å². The molecule has 2 aliphatic rings. The Hall–Kier alpha value is -3.84. The van der Waals surface area contributed by atoms with Crippen molar-refractivity contribution >= 4 is 22.4 Å². The van der Waals surface area contributed by atoms with Gasteiger partial charge in [-0.1, -0.05) is 0 Å². The van der Waals surface area contributed by atoms with Gasteiger partial charge in [-0.2, -0.15) is 0 Å². The number of aromatic nitrogens is 4. The largest absolute Gasteiger partial charge is 0.354 e. The number of anilines is 1. The van der Waals surface area contributed by atoms with Crippen LogP contribution in [0.2, 0.25) is 0 Å². The quantitative estimate of drug-likeness (QED) is 0.349. The van der Waals surface area contributed by atoms with Crippen LogP contribution in [0.1, 0.15) is 18.5 Å². The smallest absolute Gasteiger partial charge is 0.137 e. The van der Waals surface area contributed by atoms with E-state index in [1.54, 1.807) is 12.1 Å². The van der Waals surface area contributed by atoms with Gasteiger partial charge >= 0.3 is 0 Å². The Morgan fingerprint density at radius 1 is 0.861 bits per heavy atom. The lowest BCUT2D eigenvalue weighted by Crippen LogP contribution is -2.47. The first-order chi connectivity index (χ1) is 17.6. The molecular weight excluding hydrogens is 451 g/mol. The van der Waals surface area contributed by atoms with E-state index in [9.17, 15) is 4.39 Å². The number of nitrogens with zero attached hydrogens (tertiary/aromatic N) is 6. The number of hydrogen-bond acceptors (Lipinski definition) is 5. The van der Waals surface area contributed by atoms with Crippen LogP contribution in [0.25, 0.3) is 38.9 Å². The van der Waals surface area contributed by atoms with Gasteiger partial charge in [0.1, 0.15) is 17.3 Å². The van der Waals surface area contributed by atoms with Crippen molar-refractivity contribution in [3.8, 4) is 22.4 Å². The van der Waals surface area contributed by atoms with Crippen LogP contribution < -0.4 is 4.90 Å². The van der Waals surface area contributed by atoms with Crippen molar-refractivity contribution < 1.29 is 4.39 Å². The number of rotatable bonds is 4. The average Bonchev–Trinajstić information content (AvgIpc) is 3.68. The lowest BCUT2D eigenvalue weighted by molar-refractivity contribution is 0.247. The van der Waals surface area contributed by atoms with Gasteiger partial charge in [0.25, 0.3) is 0 Å². The van der Waals surface area contributed by atoms with Gasteiger partial charge in [-0.3, -0.25) is 14.3 Å². The third-order valence-corrected chi connectivity index (χ3v) is 7.47. The maximum Gasteiger partial charge on any atom is 0.137 e. The second-order valence-corrected chi connectivity index (χ2v) is 9.92. The van der Waals surface area contributed by atoms with Crippen LogP contribution in [-0.4, -0.2) is 56.5 Å². The number of piperazine rings is 1. The highest BCUT2D eigenvalue weighted by Gasteiger charge is 2.31. The van der Waals surface area contributed by atoms with Crippen LogP contribution in [0.3, 0.4) is 0 Å². The Bertz CT molecular complexity index is 1580. The minimum Gasteiger partial charge on any atom is -0.354 e. The van der Waals surface area contributed by atoms with E-state index in [1.807, 2.05) is 36.0 Å². The Morgan fingerprint density at radius 2 is 1.72 bits per heavy atom. The van der Waals surface area contributed by atoms with Crippen LogP contribution in [0.15, 0.2) is 67.1 Å². The first kappa shape index (κ1) is 21.4. The van der Waals surface area contributed by atoms with Gasteiger partial charge in [0.05, 0.1) is 17.4 Å². The third-order valence-electron chi connectivity index (χ3n) is 7.47. The van der Waals surface area contributed by atoms with Crippen molar-refractivity contribution in [1.29, 1.82) is 0 Å². The van der Waals surface area contributed by atoms with Crippen LogP contribution in [0.4, 0.5) is 10.2 Å². The van der Waals surface area contributed by atoms with E-state index in [0.29, 0.717) is 0 Å². The first-order valence-electron chi connectivity index (χ1n) is 12.6. The van der Waals surface area contributed by atoms with Gasteiger partial charge in [0.2, 0.25) is 0 Å². The van der Waals surface area contributed by atoms with Crippen molar-refractivity contribution in [1.82, 2.24) is 24.3 Å². The predicted octanol–water partition coefficient (Wildman–Crippen LogP) is 5.34. The molecule has 0 radical (unpaired) electrons. The molecule has 36 heavy (non-hydrogen) atoms. The summed E-state index contributed by atoms with van der Waals surface area (Å²) in [4.78, 5) is 19.0. The number of pyridine rings is 3. The van der Waals surface area contributed by atoms with Gasteiger partial charge in [-0.05, 0) is 73.9 Å². The molecule has 0 spiro atoms. The van der Waals surface area contributed by atoms with Crippen LogP contribution >= 0.6 is 0 Å². The van der Waals surface area contributed by atoms with Crippen molar-refractivity contribution in [2.45, 2.75) is 25.8 Å². The highest BCUT2D eigenvalue weighted by molar-refractivity contribution is 5.94. The van der Waals surface area contributed by atoms with Crippen LogP contribution in [-0.2, 0) is 0 Å². The summed E-state index contributed by atoms with van der Waals surface area (Å²) in [6, 6.07) is 16.0. The molecule has 1 aromatic carbocycles. The number of halogens is 1. The van der Waals surface area contributed by atoms with Gasteiger partial charge < -0.3 is 4.90 Å². The summed E-state index contributed by atoms with van der Waals surface area (Å²) in [5.41, 5.74) is 6.46. The third kappa shape index (κ3) is 3.80. The van der Waals surface area contributed by atoms with E-state index >= 15 is 0 Å². The number of hydrogen-bond donors (Lipinski definition) is 0. The lowest BCUT2D eigenvalue weighted by Gasteiger charge is -2.35. The molecule has 5 heterocycles. The molecule has 1 aliphatic carbocycles. The summed E-state index contributed by atoms with van der Waals surface area (Å²) in [5, 5.41) is 0.782. The van der Waals surface area contributed by atoms with Crippen molar-refractivity contribution in [2.75, 3.05) is 31.1 Å². The molecule has 0 amide bonds. The Labute approximate surface area is 209 Å². The Balaban J connectivity index is 1.18. The lowest BCUT2D eigenvalue weighted by atomic mass is 10.0. The summed E-state index contributed by atoms with van der Waals surface area (Å²) >= 11 is 0. The maximum absolute atomic E-state index is 14.1. The fourth-order valence-corrected chi connectivity index (χ4v) is 5.40. The highest BCUT2D eigenvalue weighted by atomic mass is 19.1. The molecule has 1 saturated carbocycles. The fraction of sp³-hybridized carbons (Fsp3) is 0.276. The highest BCUT2D eigenvalue weighted by Crippen LogP contribution is 2.32. The molecule has 4 aromatic heterocycles. The zero-order chi connectivity index (χ0) is 24.2. The number of benzene rings is 1. The molecular formula is C29H27FN6. The van der Waals surface area contributed by atoms with Gasteiger partial charge in [-0.15, -0.1) is 0 Å². The van der Waals surface area contributed by atoms with Gasteiger partial charge in [0.15, 0.2) is 0 Å². The zero-order valence-electron chi connectivity index (χ0n) is 20.2. The minimum absolute atomic E-state index is 0.272. The molecule has 5 aromatic rings. The van der Waals surface area contributed by atoms with E-state index in [4.69, 9.17) is 4.98 Å². The molecule has 7 heteroatoms. The van der Waals surface area contributed by atoms with Crippen LogP contribution in [0.5, 0.6) is 0 Å². The average molecular weight is 479 g/mol. The van der Waals surface area contributed by atoms with E-state index in [2.05, 4.69) is 44.0 Å². The molecule has 0 unspecified atom stereocenters. The van der Waals surface area contributed by atoms with E-state index in [-0.39, 0.29) is 5.82 Å². The SMILES string of the molecule is Cc1cc(-c2cnc3cc(-c4ccc(N5CCN(C6CC6)CC5)nc4)ccn23)c2cc(F)ccc2n1. The number of fused-ring (bicyclic) bond motifs is 2. The molecule has 2 fully saturated rings. The molecule has 6 nitrogen and oxygen atoms in total. The minimum atomic E-state index is -0.272. The molecule has 0 N–H and O–H groups in total. The fourth-order valence-electron chi connectivity index (χ4n) is 5.40. The molecule has 180 valence electrons. The van der Waals surface area contributed by atoms with Crippen molar-refractivity contribution in [2.24, 2.45) is 0 Å². The second kappa shape index (κ2) is 8.38. The van der Waals surface area contributed by atoms with E-state index in [0.717, 1.165) is 82.7 Å². The van der Waals surface area contributed by atoms with Crippen molar-refractivity contribution in [3.63, 3.8) is 0 Å². The number of imidazole rings is 1. The summed E-state index contributed by atoms with van der Waals surface area (Å²) in [6.45, 7) is 6.30. The normalized spacial score (nSPS) is 16.8. The molecule has 0 atom stereocenters. The molecule has 1 aliphatic heterocycles. The Kier molecular flexibility index (Phi) is 4.99. The monoisotopic (exact) mass is 478 g/mol. The number of aryl methyl sites for hydroxylation is 1. The Morgan fingerprint density at radius 3 is 2.50 bits per heavy atom. The van der Waals surface area contributed by atoms with Crippen molar-refractivity contribution in [3.05, 3.63) is 78.6 Å². The maximum atomic E-state index is 14.1. The summed E-state index contributed by atoms with van der Waals surface area (Å²) in [7, 11) is 0. The molecule has 0 bridgehead atoms. The molecule has 7 rings (SSSR count). The van der Waals surface area contributed by atoms with Crippen LogP contribution in [0, 0.1) is 12.7 Å². The second-order valence-electron chi connectivity index (χ2n) is 9.92. The summed E-state index contributed by atoms with van der Waals surface area (Å²) < 4.78 is 16.1. The zero-order valence-corrected chi connectivity index (χ0v) is 20.2. The van der Waals surface area contributed by atoms with Gasteiger partial charge in [0, 0.05) is 66.8 Å². The standard InChI is InChI=1S/C29H27FN6/c1-19-14-25(24-16-22(30)3-6-26(24)33-19)27-18-32-29-15-20(8-9-36(27)29)21-2-7-28(31-17-21)35-12-10-34(11-13-35)23-4-5-23/h2-3,6-9,14-18,23H,4-5,10-13H2,1H3. The topological polar surface area (TPSA) is 49.6 Å².